The molecule has 0 radical (unpaired) electrons. The van der Waals surface area contributed by atoms with Crippen molar-refractivity contribution in [3.8, 4) is 0 Å². The molecule has 2 fully saturated rings. The van der Waals surface area contributed by atoms with Crippen molar-refractivity contribution in [3.05, 3.63) is 35.4 Å². The highest BCUT2D eigenvalue weighted by Gasteiger charge is 2.45. The minimum atomic E-state index is 0.145. The largest absolute Gasteiger partial charge is 0.337 e. The molecule has 1 saturated heterocycles. The molecule has 1 N–H and O–H groups in total. The van der Waals surface area contributed by atoms with E-state index < -0.39 is 0 Å². The van der Waals surface area contributed by atoms with Crippen molar-refractivity contribution in [1.29, 1.82) is 0 Å². The van der Waals surface area contributed by atoms with E-state index in [1.54, 1.807) is 0 Å². The number of nitrogens with one attached hydrogen (secondary N) is 1. The van der Waals surface area contributed by atoms with Crippen molar-refractivity contribution in [2.75, 3.05) is 13.1 Å². The van der Waals surface area contributed by atoms with Crippen LogP contribution >= 0.6 is 0 Å². The molecule has 3 nitrogen and oxygen atoms in total. The van der Waals surface area contributed by atoms with Gasteiger partial charge in [0, 0.05) is 24.5 Å². The highest BCUT2D eigenvalue weighted by Crippen LogP contribution is 2.48. The standard InChI is InChI=1S/C19H28N2O/c1-3-16-9-6-7-13-21(16)18(22)20-14-19(11-12-19)17-10-5-4-8-15(17)2/h4-5,8,10,16H,3,6-7,9,11-14H2,1-2H3,(H,20,22). The molecule has 2 amide bonds. The fourth-order valence-electron chi connectivity index (χ4n) is 3.90. The van der Waals surface area contributed by atoms with Crippen molar-refractivity contribution >= 4 is 6.03 Å². The Balaban J connectivity index is 1.62. The smallest absolute Gasteiger partial charge is 0.317 e. The second-order valence-electron chi connectivity index (χ2n) is 7.01. The first kappa shape index (κ1) is 15.4. The average molecular weight is 300 g/mol. The van der Waals surface area contributed by atoms with Crippen LogP contribution in [0.25, 0.3) is 0 Å². The van der Waals surface area contributed by atoms with Crippen LogP contribution < -0.4 is 5.32 Å². The second kappa shape index (κ2) is 6.31. The summed E-state index contributed by atoms with van der Waals surface area (Å²) in [6, 6.07) is 9.18. The maximum atomic E-state index is 12.6. The number of rotatable bonds is 4. The van der Waals surface area contributed by atoms with Crippen molar-refractivity contribution in [2.45, 2.75) is 63.8 Å². The number of aryl methyl sites for hydroxylation is 1. The Kier molecular flexibility index (Phi) is 4.42. The number of nitrogens with zero attached hydrogens (tertiary/aromatic N) is 1. The van der Waals surface area contributed by atoms with Crippen molar-refractivity contribution in [2.24, 2.45) is 0 Å². The second-order valence-corrected chi connectivity index (χ2v) is 7.01. The van der Waals surface area contributed by atoms with Crippen molar-refractivity contribution < 1.29 is 4.79 Å². The Bertz CT molecular complexity index is 536. The Morgan fingerprint density at radius 3 is 2.77 bits per heavy atom. The van der Waals surface area contributed by atoms with Gasteiger partial charge in [-0.15, -0.1) is 0 Å². The molecule has 22 heavy (non-hydrogen) atoms. The lowest BCUT2D eigenvalue weighted by atomic mass is 9.92. The zero-order valence-electron chi connectivity index (χ0n) is 13.9. The van der Waals surface area contributed by atoms with Gasteiger partial charge in [0.1, 0.15) is 0 Å². The van der Waals surface area contributed by atoms with E-state index in [4.69, 9.17) is 0 Å². The molecule has 1 heterocycles. The molecule has 1 saturated carbocycles. The fourth-order valence-corrected chi connectivity index (χ4v) is 3.90. The molecule has 2 aliphatic rings. The van der Waals surface area contributed by atoms with E-state index in [0.717, 1.165) is 32.4 Å². The van der Waals surface area contributed by atoms with Gasteiger partial charge in [0.15, 0.2) is 0 Å². The van der Waals surface area contributed by atoms with Crippen molar-refractivity contribution in [1.82, 2.24) is 10.2 Å². The van der Waals surface area contributed by atoms with Gasteiger partial charge in [-0.2, -0.15) is 0 Å². The number of amides is 2. The Hall–Kier alpha value is -1.51. The molecule has 120 valence electrons. The van der Waals surface area contributed by atoms with Crippen LogP contribution in [0, 0.1) is 6.92 Å². The Morgan fingerprint density at radius 1 is 1.32 bits per heavy atom. The first-order valence-corrected chi connectivity index (χ1v) is 8.77. The topological polar surface area (TPSA) is 32.3 Å². The maximum absolute atomic E-state index is 12.6. The maximum Gasteiger partial charge on any atom is 0.317 e. The number of piperidine rings is 1. The van der Waals surface area contributed by atoms with E-state index in [0.29, 0.717) is 6.04 Å². The molecule has 0 spiro atoms. The summed E-state index contributed by atoms with van der Waals surface area (Å²) in [5.41, 5.74) is 2.96. The van der Waals surface area contributed by atoms with Crippen LogP contribution in [-0.2, 0) is 5.41 Å². The third-order valence-corrected chi connectivity index (χ3v) is 5.51. The van der Waals surface area contributed by atoms with Gasteiger partial charge in [-0.1, -0.05) is 31.2 Å². The molecule has 3 rings (SSSR count). The summed E-state index contributed by atoms with van der Waals surface area (Å²) in [6.07, 6.45) is 7.01. The summed E-state index contributed by atoms with van der Waals surface area (Å²) in [7, 11) is 0. The van der Waals surface area contributed by atoms with Gasteiger partial charge in [0.05, 0.1) is 0 Å². The molecule has 0 aromatic heterocycles. The van der Waals surface area contributed by atoms with Gasteiger partial charge < -0.3 is 10.2 Å². The molecular weight excluding hydrogens is 272 g/mol. The summed E-state index contributed by atoms with van der Waals surface area (Å²) in [6.45, 7) is 6.06. The van der Waals surface area contributed by atoms with E-state index in [2.05, 4.69) is 48.3 Å². The molecule has 0 bridgehead atoms. The number of likely N-dealkylation sites (tertiary alicyclic amines) is 1. The third-order valence-electron chi connectivity index (χ3n) is 5.51. The van der Waals surface area contributed by atoms with Crippen LogP contribution in [0.2, 0.25) is 0 Å². The fraction of sp³-hybridized carbons (Fsp3) is 0.632. The quantitative estimate of drug-likeness (QED) is 0.895. The van der Waals surface area contributed by atoms with Gasteiger partial charge in [0.2, 0.25) is 0 Å². The summed E-state index contributed by atoms with van der Waals surface area (Å²) >= 11 is 0. The van der Waals surface area contributed by atoms with Crippen LogP contribution in [0.4, 0.5) is 4.79 Å². The molecule has 1 aliphatic carbocycles. The summed E-state index contributed by atoms with van der Waals surface area (Å²) in [4.78, 5) is 14.6. The van der Waals surface area contributed by atoms with Crippen LogP contribution in [0.1, 0.15) is 56.6 Å². The van der Waals surface area contributed by atoms with Gasteiger partial charge in [-0.3, -0.25) is 0 Å². The number of hydrogen-bond acceptors (Lipinski definition) is 1. The lowest BCUT2D eigenvalue weighted by molar-refractivity contribution is 0.148. The van der Waals surface area contributed by atoms with Gasteiger partial charge in [-0.25, -0.2) is 4.79 Å². The van der Waals surface area contributed by atoms with Crippen LogP contribution in [0.5, 0.6) is 0 Å². The summed E-state index contributed by atoms with van der Waals surface area (Å²) in [5.74, 6) is 0. The summed E-state index contributed by atoms with van der Waals surface area (Å²) in [5, 5.41) is 3.23. The number of benzene rings is 1. The first-order valence-electron chi connectivity index (χ1n) is 8.77. The van der Waals surface area contributed by atoms with Gasteiger partial charge in [0.25, 0.3) is 0 Å². The third kappa shape index (κ3) is 2.99. The molecule has 1 unspecified atom stereocenters. The van der Waals surface area contributed by atoms with E-state index in [-0.39, 0.29) is 11.4 Å². The SMILES string of the molecule is CCC1CCCCN1C(=O)NCC1(c2ccccc2C)CC1. The molecular formula is C19H28N2O. The zero-order chi connectivity index (χ0) is 15.6. The highest BCUT2D eigenvalue weighted by atomic mass is 16.2. The predicted molar refractivity (Wildman–Crippen MR) is 90.1 cm³/mol. The number of carbonyl (C=O) groups excluding carboxylic acids is 1. The van der Waals surface area contributed by atoms with E-state index in [1.165, 1.54) is 30.4 Å². The van der Waals surface area contributed by atoms with E-state index in [9.17, 15) is 4.79 Å². The monoisotopic (exact) mass is 300 g/mol. The van der Waals surface area contributed by atoms with Crippen molar-refractivity contribution in [3.63, 3.8) is 0 Å². The average Bonchev–Trinajstić information content (AvgIpc) is 3.34. The first-order chi connectivity index (χ1) is 10.7. The number of hydrogen-bond donors (Lipinski definition) is 1. The lowest BCUT2D eigenvalue weighted by Crippen LogP contribution is -2.49. The summed E-state index contributed by atoms with van der Waals surface area (Å²) < 4.78 is 0. The molecule has 1 aliphatic heterocycles. The van der Waals surface area contributed by atoms with Gasteiger partial charge in [-0.05, 0) is 56.6 Å². The number of carbonyl (C=O) groups is 1. The molecule has 1 aromatic carbocycles. The molecule has 1 aromatic rings. The predicted octanol–water partition coefficient (Wildman–Crippen LogP) is 4.00. The Labute approximate surface area is 134 Å². The lowest BCUT2D eigenvalue weighted by Gasteiger charge is -2.35. The van der Waals surface area contributed by atoms with Crippen LogP contribution in [0.15, 0.2) is 24.3 Å². The normalized spacial score (nSPS) is 23.2. The molecule has 1 atom stereocenters. The van der Waals surface area contributed by atoms with Crippen LogP contribution in [0.3, 0.4) is 0 Å². The minimum absolute atomic E-state index is 0.145. The zero-order valence-corrected chi connectivity index (χ0v) is 13.9. The number of urea groups is 1. The minimum Gasteiger partial charge on any atom is -0.337 e. The van der Waals surface area contributed by atoms with E-state index >= 15 is 0 Å². The molecule has 3 heteroatoms. The van der Waals surface area contributed by atoms with Crippen LogP contribution in [-0.4, -0.2) is 30.1 Å². The Morgan fingerprint density at radius 2 is 2.09 bits per heavy atom. The van der Waals surface area contributed by atoms with Gasteiger partial charge >= 0.3 is 6.03 Å². The van der Waals surface area contributed by atoms with E-state index in [1.807, 2.05) is 0 Å². The highest BCUT2D eigenvalue weighted by molar-refractivity contribution is 5.75.